The molecule has 0 bridgehead atoms. The van der Waals surface area contributed by atoms with E-state index in [1.807, 2.05) is 20.8 Å². The molecule has 0 aromatic heterocycles. The Kier molecular flexibility index (Phi) is 8.13. The van der Waals surface area contributed by atoms with Crippen LogP contribution in [-0.2, 0) is 14.3 Å². The van der Waals surface area contributed by atoms with Crippen LogP contribution >= 0.6 is 0 Å². The number of halogens is 3. The smallest absolute Gasteiger partial charge is 0.475 e. The molecule has 0 saturated carbocycles. The topological polar surface area (TPSA) is 122 Å². The van der Waals surface area contributed by atoms with Gasteiger partial charge in [0.25, 0.3) is 0 Å². The summed E-state index contributed by atoms with van der Waals surface area (Å²) in [7, 11) is 0. The van der Waals surface area contributed by atoms with E-state index in [0.29, 0.717) is 26.1 Å². The van der Waals surface area contributed by atoms with Gasteiger partial charge in [0.1, 0.15) is 0 Å². The molecule has 10 heteroatoms. The molecular formula is C14H25F3N2O5. The number of rotatable bonds is 3. The molecule has 5 N–H and O–H groups in total. The van der Waals surface area contributed by atoms with E-state index in [-0.39, 0.29) is 17.9 Å². The van der Waals surface area contributed by atoms with Gasteiger partial charge >= 0.3 is 12.1 Å². The highest BCUT2D eigenvalue weighted by molar-refractivity contribution is 5.82. The summed E-state index contributed by atoms with van der Waals surface area (Å²) >= 11 is 0. The summed E-state index contributed by atoms with van der Waals surface area (Å²) in [4.78, 5) is 20.7. The second kappa shape index (κ2) is 8.63. The molecule has 1 aliphatic heterocycles. The number of nitrogens with one attached hydrogen (secondary N) is 1. The number of nitrogens with two attached hydrogens (primary N) is 1. The Bertz CT molecular complexity index is 429. The molecular weight excluding hydrogens is 333 g/mol. The predicted octanol–water partition coefficient (Wildman–Crippen LogP) is 0.651. The number of carboxylic acids is 1. The monoisotopic (exact) mass is 358 g/mol. The van der Waals surface area contributed by atoms with Gasteiger partial charge in [-0.3, -0.25) is 4.79 Å². The highest BCUT2D eigenvalue weighted by atomic mass is 19.4. The molecule has 1 heterocycles. The van der Waals surface area contributed by atoms with Crippen LogP contribution in [0, 0.1) is 5.41 Å². The number of hydrogen-bond donors (Lipinski definition) is 4. The molecule has 7 nitrogen and oxygen atoms in total. The van der Waals surface area contributed by atoms with Gasteiger partial charge in [0, 0.05) is 32.6 Å². The third-order valence-corrected chi connectivity index (χ3v) is 3.47. The van der Waals surface area contributed by atoms with Crippen LogP contribution < -0.4 is 11.1 Å². The number of aliphatic carboxylic acids is 1. The zero-order valence-corrected chi connectivity index (χ0v) is 13.9. The van der Waals surface area contributed by atoms with Crippen LogP contribution in [-0.4, -0.2) is 59.7 Å². The fraction of sp³-hybridized carbons (Fsp3) is 0.857. The van der Waals surface area contributed by atoms with E-state index in [2.05, 4.69) is 5.32 Å². The minimum Gasteiger partial charge on any atom is -0.475 e. The maximum absolute atomic E-state index is 11.8. The first-order chi connectivity index (χ1) is 10.7. The molecule has 1 aliphatic rings. The lowest BCUT2D eigenvalue weighted by atomic mass is 9.86. The van der Waals surface area contributed by atoms with Crippen molar-refractivity contribution in [3.63, 3.8) is 0 Å². The van der Waals surface area contributed by atoms with E-state index in [9.17, 15) is 23.1 Å². The Morgan fingerprint density at radius 1 is 1.25 bits per heavy atom. The Morgan fingerprint density at radius 2 is 1.67 bits per heavy atom. The third-order valence-electron chi connectivity index (χ3n) is 3.47. The third kappa shape index (κ3) is 8.46. The number of aliphatic hydroxyl groups is 1. The Labute approximate surface area is 138 Å². The van der Waals surface area contributed by atoms with Gasteiger partial charge in [-0.25, -0.2) is 4.79 Å². The zero-order valence-electron chi connectivity index (χ0n) is 13.9. The van der Waals surface area contributed by atoms with Crippen LogP contribution in [0.5, 0.6) is 0 Å². The first-order valence-corrected chi connectivity index (χ1v) is 7.32. The van der Waals surface area contributed by atoms with Gasteiger partial charge in [0.05, 0.1) is 11.6 Å². The zero-order chi connectivity index (χ0) is 19.2. The molecule has 1 atom stereocenters. The highest BCUT2D eigenvalue weighted by Gasteiger charge is 2.38. The number of amides is 1. The molecule has 142 valence electrons. The average molecular weight is 358 g/mol. The Hall–Kier alpha value is -1.39. The van der Waals surface area contributed by atoms with Gasteiger partial charge in [-0.1, -0.05) is 20.8 Å². The minimum absolute atomic E-state index is 0.211. The SMILES string of the molecule is CC(C)(C)[C@H](N)C(=O)NCC1(O)CCOCC1.O=C(O)C(F)(F)F. The van der Waals surface area contributed by atoms with E-state index < -0.39 is 23.8 Å². The first-order valence-electron chi connectivity index (χ1n) is 7.32. The van der Waals surface area contributed by atoms with Gasteiger partial charge in [-0.15, -0.1) is 0 Å². The molecule has 0 aromatic carbocycles. The fourth-order valence-electron chi connectivity index (χ4n) is 1.68. The van der Waals surface area contributed by atoms with Crippen LogP contribution in [0.4, 0.5) is 13.2 Å². The normalized spacial score (nSPS) is 18.8. The predicted molar refractivity (Wildman–Crippen MR) is 79.1 cm³/mol. The van der Waals surface area contributed by atoms with E-state index in [0.717, 1.165) is 0 Å². The van der Waals surface area contributed by atoms with Gasteiger partial charge in [-0.2, -0.15) is 13.2 Å². The summed E-state index contributed by atoms with van der Waals surface area (Å²) in [5.74, 6) is -2.97. The van der Waals surface area contributed by atoms with Crippen LogP contribution in [0.2, 0.25) is 0 Å². The van der Waals surface area contributed by atoms with Crippen molar-refractivity contribution in [2.45, 2.75) is 51.4 Å². The van der Waals surface area contributed by atoms with Gasteiger partial charge < -0.3 is 26.0 Å². The van der Waals surface area contributed by atoms with Crippen molar-refractivity contribution >= 4 is 11.9 Å². The molecule has 1 fully saturated rings. The van der Waals surface area contributed by atoms with Crippen LogP contribution in [0.25, 0.3) is 0 Å². The van der Waals surface area contributed by atoms with E-state index in [4.69, 9.17) is 20.4 Å². The number of hydrogen-bond acceptors (Lipinski definition) is 5. The van der Waals surface area contributed by atoms with Crippen molar-refractivity contribution in [2.24, 2.45) is 11.1 Å². The second-order valence-electron chi connectivity index (χ2n) is 6.70. The van der Waals surface area contributed by atoms with Crippen LogP contribution in [0.3, 0.4) is 0 Å². The van der Waals surface area contributed by atoms with Crippen molar-refractivity contribution in [3.05, 3.63) is 0 Å². The standard InChI is InChI=1S/C12H24N2O3.C2HF3O2/c1-11(2,3)9(13)10(15)14-8-12(16)4-6-17-7-5-12;3-2(4,5)1(6)7/h9,16H,4-8,13H2,1-3H3,(H,14,15);(H,6,7)/t9-;/m1./s1. The van der Waals surface area contributed by atoms with E-state index in [1.54, 1.807) is 0 Å². The molecule has 0 spiro atoms. The number of alkyl halides is 3. The van der Waals surface area contributed by atoms with Gasteiger partial charge in [-0.05, 0) is 5.41 Å². The number of carbonyl (C=O) groups is 2. The quantitative estimate of drug-likeness (QED) is 0.588. The lowest BCUT2D eigenvalue weighted by Crippen LogP contribution is -2.53. The second-order valence-corrected chi connectivity index (χ2v) is 6.70. The van der Waals surface area contributed by atoms with Crippen molar-refractivity contribution in [3.8, 4) is 0 Å². The molecule has 24 heavy (non-hydrogen) atoms. The average Bonchev–Trinajstić information content (AvgIpc) is 2.43. The fourth-order valence-corrected chi connectivity index (χ4v) is 1.68. The number of carboxylic acid groups (broad SMARTS) is 1. The van der Waals surface area contributed by atoms with Crippen molar-refractivity contribution in [1.82, 2.24) is 5.32 Å². The summed E-state index contributed by atoms with van der Waals surface area (Å²) < 4.78 is 36.9. The lowest BCUT2D eigenvalue weighted by Gasteiger charge is -2.33. The molecule has 0 aliphatic carbocycles. The lowest BCUT2D eigenvalue weighted by molar-refractivity contribution is -0.192. The summed E-state index contributed by atoms with van der Waals surface area (Å²) in [6.45, 7) is 7.08. The number of carbonyl (C=O) groups excluding carboxylic acids is 1. The Balaban J connectivity index is 0.000000640. The molecule has 1 amide bonds. The molecule has 0 aromatic rings. The largest absolute Gasteiger partial charge is 0.490 e. The molecule has 1 saturated heterocycles. The van der Waals surface area contributed by atoms with Crippen molar-refractivity contribution in [2.75, 3.05) is 19.8 Å². The maximum Gasteiger partial charge on any atom is 0.490 e. The van der Waals surface area contributed by atoms with Gasteiger partial charge in [0.15, 0.2) is 0 Å². The summed E-state index contributed by atoms with van der Waals surface area (Å²) in [5, 5.41) is 20.0. The van der Waals surface area contributed by atoms with Crippen molar-refractivity contribution < 1.29 is 37.7 Å². The molecule has 1 rings (SSSR count). The number of ether oxygens (including phenoxy) is 1. The summed E-state index contributed by atoms with van der Waals surface area (Å²) in [6, 6.07) is -0.564. The molecule has 0 unspecified atom stereocenters. The Morgan fingerprint density at radius 3 is 2.00 bits per heavy atom. The summed E-state index contributed by atoms with van der Waals surface area (Å²) in [5.41, 5.74) is 4.72. The van der Waals surface area contributed by atoms with Crippen LogP contribution in [0.15, 0.2) is 0 Å². The van der Waals surface area contributed by atoms with Crippen LogP contribution in [0.1, 0.15) is 33.6 Å². The van der Waals surface area contributed by atoms with E-state index in [1.165, 1.54) is 0 Å². The minimum atomic E-state index is -5.08. The molecule has 0 radical (unpaired) electrons. The summed E-state index contributed by atoms with van der Waals surface area (Å²) in [6.07, 6.45) is -3.98. The van der Waals surface area contributed by atoms with Gasteiger partial charge in [0.2, 0.25) is 5.91 Å². The highest BCUT2D eigenvalue weighted by Crippen LogP contribution is 2.20. The van der Waals surface area contributed by atoms with E-state index >= 15 is 0 Å². The maximum atomic E-state index is 11.8. The first kappa shape index (κ1) is 22.6. The van der Waals surface area contributed by atoms with Crippen molar-refractivity contribution in [1.29, 1.82) is 0 Å².